The second kappa shape index (κ2) is 6.81. The molecule has 1 N–H and O–H groups in total. The summed E-state index contributed by atoms with van der Waals surface area (Å²) in [4.78, 5) is 2.15. The highest BCUT2D eigenvalue weighted by Gasteiger charge is 1.98. The minimum Gasteiger partial charge on any atom is -0.457 e. The molecule has 0 fully saturated rings. The molecule has 3 heteroatoms. The van der Waals surface area contributed by atoms with Gasteiger partial charge in [0.15, 0.2) is 0 Å². The van der Waals surface area contributed by atoms with Crippen LogP contribution >= 0.6 is 0 Å². The standard InChI is InChI=1S/C16H20N2O/c1-18(2)12-11-17-14-7-6-10-16(13-14)19-15-8-4-3-5-9-15/h3-10,13,17H,11-12H2,1-2H3. The van der Waals surface area contributed by atoms with Crippen LogP contribution in [0.4, 0.5) is 5.69 Å². The molecular weight excluding hydrogens is 236 g/mol. The Morgan fingerprint density at radius 1 is 0.947 bits per heavy atom. The molecule has 0 saturated heterocycles. The van der Waals surface area contributed by atoms with Gasteiger partial charge in [-0.15, -0.1) is 0 Å². The Labute approximate surface area is 114 Å². The minimum atomic E-state index is 0.848. The van der Waals surface area contributed by atoms with Crippen molar-refractivity contribution < 1.29 is 4.74 Å². The van der Waals surface area contributed by atoms with Crippen molar-refractivity contribution in [3.05, 3.63) is 54.6 Å². The van der Waals surface area contributed by atoms with Crippen LogP contribution in [-0.4, -0.2) is 32.1 Å². The third kappa shape index (κ3) is 4.64. The molecule has 0 radical (unpaired) electrons. The lowest BCUT2D eigenvalue weighted by Gasteiger charge is -2.12. The first kappa shape index (κ1) is 13.4. The zero-order valence-electron chi connectivity index (χ0n) is 11.5. The van der Waals surface area contributed by atoms with Crippen LogP contribution in [0.5, 0.6) is 11.5 Å². The first-order valence-electron chi connectivity index (χ1n) is 6.45. The lowest BCUT2D eigenvalue weighted by Crippen LogP contribution is -2.20. The van der Waals surface area contributed by atoms with Crippen LogP contribution in [0.3, 0.4) is 0 Å². The number of para-hydroxylation sites is 1. The van der Waals surface area contributed by atoms with Gasteiger partial charge in [0, 0.05) is 24.8 Å². The van der Waals surface area contributed by atoms with Crippen molar-refractivity contribution in [2.75, 3.05) is 32.5 Å². The van der Waals surface area contributed by atoms with E-state index >= 15 is 0 Å². The molecule has 0 aromatic heterocycles. The summed E-state index contributed by atoms with van der Waals surface area (Å²) in [6, 6.07) is 17.8. The predicted molar refractivity (Wildman–Crippen MR) is 80.0 cm³/mol. The summed E-state index contributed by atoms with van der Waals surface area (Å²) in [5.41, 5.74) is 1.08. The van der Waals surface area contributed by atoms with Crippen LogP contribution in [0, 0.1) is 0 Å². The largest absolute Gasteiger partial charge is 0.457 e. The topological polar surface area (TPSA) is 24.5 Å². The minimum absolute atomic E-state index is 0.848. The summed E-state index contributed by atoms with van der Waals surface area (Å²) >= 11 is 0. The number of benzene rings is 2. The first-order chi connectivity index (χ1) is 9.24. The molecule has 100 valence electrons. The second-order valence-electron chi connectivity index (χ2n) is 4.67. The summed E-state index contributed by atoms with van der Waals surface area (Å²) in [7, 11) is 4.13. The Morgan fingerprint density at radius 3 is 2.42 bits per heavy atom. The van der Waals surface area contributed by atoms with Gasteiger partial charge in [0.2, 0.25) is 0 Å². The Morgan fingerprint density at radius 2 is 1.68 bits per heavy atom. The Bertz CT molecular complexity index is 497. The van der Waals surface area contributed by atoms with Crippen LogP contribution in [-0.2, 0) is 0 Å². The van der Waals surface area contributed by atoms with Crippen LogP contribution in [0.15, 0.2) is 54.6 Å². The van der Waals surface area contributed by atoms with Gasteiger partial charge in [-0.3, -0.25) is 0 Å². The smallest absolute Gasteiger partial charge is 0.129 e. The molecular formula is C16H20N2O. The van der Waals surface area contributed by atoms with Gasteiger partial charge >= 0.3 is 0 Å². The van der Waals surface area contributed by atoms with E-state index in [0.29, 0.717) is 0 Å². The first-order valence-corrected chi connectivity index (χ1v) is 6.45. The average molecular weight is 256 g/mol. The molecule has 0 amide bonds. The highest BCUT2D eigenvalue weighted by molar-refractivity contribution is 5.49. The van der Waals surface area contributed by atoms with Gasteiger partial charge in [-0.25, -0.2) is 0 Å². The molecule has 0 aliphatic heterocycles. The summed E-state index contributed by atoms with van der Waals surface area (Å²) in [5, 5.41) is 3.38. The van der Waals surface area contributed by atoms with Crippen molar-refractivity contribution >= 4 is 5.69 Å². The van der Waals surface area contributed by atoms with E-state index in [0.717, 1.165) is 30.3 Å². The third-order valence-corrected chi connectivity index (χ3v) is 2.70. The van der Waals surface area contributed by atoms with Gasteiger partial charge in [-0.1, -0.05) is 24.3 Å². The van der Waals surface area contributed by atoms with E-state index < -0.39 is 0 Å². The van der Waals surface area contributed by atoms with Gasteiger partial charge in [0.1, 0.15) is 11.5 Å². The number of hydrogen-bond acceptors (Lipinski definition) is 3. The van der Waals surface area contributed by atoms with Crippen molar-refractivity contribution in [2.45, 2.75) is 0 Å². The van der Waals surface area contributed by atoms with Crippen molar-refractivity contribution in [3.8, 4) is 11.5 Å². The quantitative estimate of drug-likeness (QED) is 0.856. The van der Waals surface area contributed by atoms with Gasteiger partial charge in [0.05, 0.1) is 0 Å². The molecule has 0 saturated carbocycles. The maximum atomic E-state index is 5.80. The molecule has 0 aliphatic rings. The predicted octanol–water partition coefficient (Wildman–Crippen LogP) is 3.45. The summed E-state index contributed by atoms with van der Waals surface area (Å²) < 4.78 is 5.80. The molecule has 0 aliphatic carbocycles. The fourth-order valence-corrected chi connectivity index (χ4v) is 1.72. The van der Waals surface area contributed by atoms with Crippen molar-refractivity contribution in [1.29, 1.82) is 0 Å². The van der Waals surface area contributed by atoms with Gasteiger partial charge < -0.3 is 15.0 Å². The monoisotopic (exact) mass is 256 g/mol. The zero-order chi connectivity index (χ0) is 13.5. The molecule has 2 aromatic carbocycles. The number of ether oxygens (including phenoxy) is 1. The summed E-state index contributed by atoms with van der Waals surface area (Å²) in [6.07, 6.45) is 0. The van der Waals surface area contributed by atoms with Crippen LogP contribution in [0.25, 0.3) is 0 Å². The molecule has 19 heavy (non-hydrogen) atoms. The lowest BCUT2D eigenvalue weighted by molar-refractivity contribution is 0.425. The zero-order valence-corrected chi connectivity index (χ0v) is 11.5. The van der Waals surface area contributed by atoms with Gasteiger partial charge in [-0.05, 0) is 38.4 Å². The Balaban J connectivity index is 1.95. The second-order valence-corrected chi connectivity index (χ2v) is 4.67. The fraction of sp³-hybridized carbons (Fsp3) is 0.250. The summed E-state index contributed by atoms with van der Waals surface area (Å²) in [5.74, 6) is 1.70. The lowest BCUT2D eigenvalue weighted by atomic mass is 10.3. The van der Waals surface area contributed by atoms with Crippen molar-refractivity contribution in [3.63, 3.8) is 0 Å². The molecule has 0 heterocycles. The number of nitrogens with one attached hydrogen (secondary N) is 1. The van der Waals surface area contributed by atoms with E-state index in [2.05, 4.69) is 24.3 Å². The van der Waals surface area contributed by atoms with E-state index in [1.54, 1.807) is 0 Å². The van der Waals surface area contributed by atoms with E-state index in [9.17, 15) is 0 Å². The van der Waals surface area contributed by atoms with Crippen LogP contribution < -0.4 is 10.1 Å². The SMILES string of the molecule is CN(C)CCNc1cccc(Oc2ccccc2)c1. The van der Waals surface area contributed by atoms with Crippen molar-refractivity contribution in [1.82, 2.24) is 4.90 Å². The van der Waals surface area contributed by atoms with Crippen LogP contribution in [0.2, 0.25) is 0 Å². The van der Waals surface area contributed by atoms with Gasteiger partial charge in [0.25, 0.3) is 0 Å². The summed E-state index contributed by atoms with van der Waals surface area (Å²) in [6.45, 7) is 1.92. The van der Waals surface area contributed by atoms with E-state index in [-0.39, 0.29) is 0 Å². The number of rotatable bonds is 6. The Kier molecular flexibility index (Phi) is 4.81. The molecule has 3 nitrogen and oxygen atoms in total. The molecule has 2 rings (SSSR count). The van der Waals surface area contributed by atoms with E-state index in [4.69, 9.17) is 4.74 Å². The molecule has 0 bridgehead atoms. The number of hydrogen-bond donors (Lipinski definition) is 1. The molecule has 0 spiro atoms. The average Bonchev–Trinajstić information content (AvgIpc) is 2.40. The fourth-order valence-electron chi connectivity index (χ4n) is 1.72. The molecule has 0 atom stereocenters. The maximum absolute atomic E-state index is 5.80. The number of anilines is 1. The van der Waals surface area contributed by atoms with E-state index in [1.165, 1.54) is 0 Å². The third-order valence-electron chi connectivity index (χ3n) is 2.70. The van der Waals surface area contributed by atoms with Crippen LogP contribution in [0.1, 0.15) is 0 Å². The van der Waals surface area contributed by atoms with E-state index in [1.807, 2.05) is 54.6 Å². The normalized spacial score (nSPS) is 10.5. The molecule has 0 unspecified atom stereocenters. The number of likely N-dealkylation sites (N-methyl/N-ethyl adjacent to an activating group) is 1. The highest BCUT2D eigenvalue weighted by atomic mass is 16.5. The number of nitrogens with zero attached hydrogens (tertiary/aromatic N) is 1. The van der Waals surface area contributed by atoms with Crippen molar-refractivity contribution in [2.24, 2.45) is 0 Å². The van der Waals surface area contributed by atoms with Gasteiger partial charge in [-0.2, -0.15) is 0 Å². The molecule has 2 aromatic rings. The maximum Gasteiger partial charge on any atom is 0.129 e. The Hall–Kier alpha value is -2.00. The highest BCUT2D eigenvalue weighted by Crippen LogP contribution is 2.23.